The van der Waals surface area contributed by atoms with Crippen molar-refractivity contribution in [1.29, 1.82) is 0 Å². The number of H-pyrrole nitrogens is 1. The molecule has 0 unspecified atom stereocenters. The molecule has 0 amide bonds. The van der Waals surface area contributed by atoms with Crippen LogP contribution in [0.4, 0.5) is 5.69 Å². The summed E-state index contributed by atoms with van der Waals surface area (Å²) < 4.78 is 15.1. The monoisotopic (exact) mass is 418 g/mol. The third-order valence-corrected chi connectivity index (χ3v) is 4.43. The molecule has 1 aromatic carbocycles. The first-order valence-electron chi connectivity index (χ1n) is 9.06. The lowest BCUT2D eigenvalue weighted by molar-refractivity contribution is -0.385. The Bertz CT molecular complexity index is 1010. The number of Topliss-reactive ketones (excluding diaryl/α,β-unsaturated/α-hetero) is 1. The van der Waals surface area contributed by atoms with Crippen molar-refractivity contribution in [3.63, 3.8) is 0 Å². The fourth-order valence-corrected chi connectivity index (χ4v) is 2.95. The van der Waals surface area contributed by atoms with E-state index in [2.05, 4.69) is 4.98 Å². The molecule has 1 N–H and O–H groups in total. The van der Waals surface area contributed by atoms with E-state index in [0.29, 0.717) is 11.3 Å². The molecule has 0 saturated carbocycles. The molecule has 10 heteroatoms. The Balaban J connectivity index is 2.23. The first-order valence-corrected chi connectivity index (χ1v) is 9.06. The van der Waals surface area contributed by atoms with Crippen LogP contribution in [0.15, 0.2) is 18.2 Å². The molecular formula is C20H22N2O8. The molecule has 2 rings (SSSR count). The van der Waals surface area contributed by atoms with Crippen molar-refractivity contribution in [2.45, 2.75) is 33.8 Å². The highest BCUT2D eigenvalue weighted by atomic mass is 16.6. The van der Waals surface area contributed by atoms with Crippen LogP contribution >= 0.6 is 0 Å². The Hall–Kier alpha value is -3.69. The van der Waals surface area contributed by atoms with Gasteiger partial charge in [0.2, 0.25) is 5.78 Å². The summed E-state index contributed by atoms with van der Waals surface area (Å²) in [6, 6.07) is 3.58. The first kappa shape index (κ1) is 22.6. The van der Waals surface area contributed by atoms with Gasteiger partial charge in [0.25, 0.3) is 0 Å². The molecule has 0 radical (unpaired) electrons. The number of aromatic nitrogens is 1. The number of ether oxygens (including phenoxy) is 3. The van der Waals surface area contributed by atoms with Crippen molar-refractivity contribution in [3.05, 3.63) is 56.4 Å². The number of carbonyl (C=O) groups excluding carboxylic acids is 3. The number of nitro groups is 1. The summed E-state index contributed by atoms with van der Waals surface area (Å²) in [5, 5.41) is 11.1. The predicted octanol–water partition coefficient (Wildman–Crippen LogP) is 3.15. The second kappa shape index (κ2) is 9.21. The Labute approximate surface area is 172 Å². The summed E-state index contributed by atoms with van der Waals surface area (Å²) in [7, 11) is 1.27. The van der Waals surface area contributed by atoms with Crippen molar-refractivity contribution in [1.82, 2.24) is 4.98 Å². The molecule has 1 atom stereocenters. The van der Waals surface area contributed by atoms with Crippen LogP contribution in [0.25, 0.3) is 0 Å². The largest absolute Gasteiger partial charge is 0.490 e. The number of esters is 2. The highest BCUT2D eigenvalue weighted by Gasteiger charge is 2.28. The Morgan fingerprint density at radius 3 is 2.43 bits per heavy atom. The average molecular weight is 418 g/mol. The van der Waals surface area contributed by atoms with E-state index in [-0.39, 0.29) is 29.2 Å². The van der Waals surface area contributed by atoms with Crippen molar-refractivity contribution >= 4 is 23.4 Å². The van der Waals surface area contributed by atoms with Gasteiger partial charge in [0.1, 0.15) is 0 Å². The molecule has 0 saturated heterocycles. The Morgan fingerprint density at radius 1 is 1.20 bits per heavy atom. The van der Waals surface area contributed by atoms with Crippen LogP contribution in [-0.2, 0) is 9.47 Å². The minimum atomic E-state index is -1.20. The number of nitrogens with zero attached hydrogens (tertiary/aromatic N) is 1. The van der Waals surface area contributed by atoms with E-state index in [0.717, 1.165) is 6.07 Å². The van der Waals surface area contributed by atoms with Gasteiger partial charge in [0.05, 0.1) is 35.5 Å². The van der Waals surface area contributed by atoms with Crippen LogP contribution in [0.3, 0.4) is 0 Å². The number of aromatic amines is 1. The third-order valence-electron chi connectivity index (χ3n) is 4.43. The summed E-state index contributed by atoms with van der Waals surface area (Å²) >= 11 is 0. The molecular weight excluding hydrogens is 396 g/mol. The van der Waals surface area contributed by atoms with Crippen LogP contribution in [0.2, 0.25) is 0 Å². The van der Waals surface area contributed by atoms with E-state index in [1.54, 1.807) is 20.8 Å². The molecule has 160 valence electrons. The van der Waals surface area contributed by atoms with Gasteiger partial charge in [0.15, 0.2) is 11.9 Å². The van der Waals surface area contributed by atoms with E-state index >= 15 is 0 Å². The normalized spacial score (nSPS) is 11.5. The number of methoxy groups -OCH3 is 1. The number of rotatable bonds is 8. The van der Waals surface area contributed by atoms with Gasteiger partial charge >= 0.3 is 17.6 Å². The lowest BCUT2D eigenvalue weighted by Gasteiger charge is -2.12. The maximum Gasteiger partial charge on any atom is 0.340 e. The summed E-state index contributed by atoms with van der Waals surface area (Å²) in [5.41, 5.74) is 0.716. The van der Waals surface area contributed by atoms with Gasteiger partial charge in [0, 0.05) is 11.8 Å². The maximum atomic E-state index is 12.8. The van der Waals surface area contributed by atoms with Crippen molar-refractivity contribution in [3.8, 4) is 5.75 Å². The van der Waals surface area contributed by atoms with Crippen LogP contribution in [0.1, 0.15) is 56.3 Å². The van der Waals surface area contributed by atoms with Crippen LogP contribution in [-0.4, -0.2) is 47.4 Å². The van der Waals surface area contributed by atoms with Gasteiger partial charge < -0.3 is 19.2 Å². The number of carbonyl (C=O) groups is 3. The summed E-state index contributed by atoms with van der Waals surface area (Å²) in [5.74, 6) is -2.03. The molecule has 0 bridgehead atoms. The molecule has 0 aliphatic rings. The number of hydrogen-bond donors (Lipinski definition) is 1. The topological polar surface area (TPSA) is 138 Å². The highest BCUT2D eigenvalue weighted by molar-refractivity contribution is 6.04. The Kier molecular flexibility index (Phi) is 6.93. The zero-order valence-corrected chi connectivity index (χ0v) is 17.2. The molecule has 1 heterocycles. The third kappa shape index (κ3) is 4.48. The van der Waals surface area contributed by atoms with Gasteiger partial charge in [-0.05, 0) is 45.4 Å². The number of nitro benzene ring substituents is 1. The quantitative estimate of drug-likeness (QED) is 0.299. The molecule has 30 heavy (non-hydrogen) atoms. The van der Waals surface area contributed by atoms with E-state index in [1.807, 2.05) is 0 Å². The first-order chi connectivity index (χ1) is 14.1. The summed E-state index contributed by atoms with van der Waals surface area (Å²) in [6.45, 7) is 6.45. The zero-order valence-electron chi connectivity index (χ0n) is 17.2. The fraction of sp³-hybridized carbons (Fsp3) is 0.350. The minimum Gasteiger partial charge on any atom is -0.490 e. The zero-order chi connectivity index (χ0) is 22.6. The van der Waals surface area contributed by atoms with Crippen LogP contribution < -0.4 is 4.74 Å². The number of aryl methyl sites for hydroxylation is 1. The molecule has 0 fully saturated rings. The molecule has 0 aliphatic heterocycles. The fourth-order valence-electron chi connectivity index (χ4n) is 2.95. The van der Waals surface area contributed by atoms with E-state index in [4.69, 9.17) is 14.2 Å². The molecule has 1 aromatic heterocycles. The maximum absolute atomic E-state index is 12.8. The second-order valence-corrected chi connectivity index (χ2v) is 6.40. The second-order valence-electron chi connectivity index (χ2n) is 6.40. The lowest BCUT2D eigenvalue weighted by Crippen LogP contribution is -2.25. The van der Waals surface area contributed by atoms with Crippen molar-refractivity contribution in [2.75, 3.05) is 13.7 Å². The molecule has 2 aromatic rings. The van der Waals surface area contributed by atoms with E-state index in [1.165, 1.54) is 26.2 Å². The minimum absolute atomic E-state index is 0.00958. The molecule has 0 aliphatic carbocycles. The predicted molar refractivity (Wildman–Crippen MR) is 105 cm³/mol. The number of nitrogens with one attached hydrogen (secondary N) is 1. The van der Waals surface area contributed by atoms with Gasteiger partial charge in [-0.1, -0.05) is 0 Å². The molecule has 0 spiro atoms. The van der Waals surface area contributed by atoms with Gasteiger partial charge in [-0.2, -0.15) is 0 Å². The van der Waals surface area contributed by atoms with E-state index < -0.39 is 34.4 Å². The number of benzene rings is 1. The Morgan fingerprint density at radius 2 is 1.87 bits per heavy atom. The standard InChI is InChI=1S/C20H22N2O8/c1-6-29-20(25)16-10(2)17(21-11(16)3)18(23)12(4)30-19(24)13-7-8-15(28-5)14(9-13)22(26)27/h7-9,12,21H,6H2,1-5H3/t12-/m0/s1. The van der Waals surface area contributed by atoms with Gasteiger partial charge in [-0.15, -0.1) is 0 Å². The van der Waals surface area contributed by atoms with Gasteiger partial charge in [-0.25, -0.2) is 9.59 Å². The number of hydrogen-bond acceptors (Lipinski definition) is 8. The lowest BCUT2D eigenvalue weighted by atomic mass is 10.1. The van der Waals surface area contributed by atoms with Crippen molar-refractivity contribution < 1.29 is 33.5 Å². The van der Waals surface area contributed by atoms with E-state index in [9.17, 15) is 24.5 Å². The van der Waals surface area contributed by atoms with Gasteiger partial charge in [-0.3, -0.25) is 14.9 Å². The SMILES string of the molecule is CCOC(=O)c1c(C)[nH]c(C(=O)[C@H](C)OC(=O)c2ccc(OC)c([N+](=O)[O-])c2)c1C. The molecule has 10 nitrogen and oxygen atoms in total. The van der Waals surface area contributed by atoms with Crippen LogP contribution in [0.5, 0.6) is 5.75 Å². The average Bonchev–Trinajstić information content (AvgIpc) is 3.00. The number of ketones is 1. The summed E-state index contributed by atoms with van der Waals surface area (Å²) in [4.78, 5) is 50.5. The van der Waals surface area contributed by atoms with Crippen LogP contribution in [0, 0.1) is 24.0 Å². The highest BCUT2D eigenvalue weighted by Crippen LogP contribution is 2.28. The smallest absolute Gasteiger partial charge is 0.340 e. The summed E-state index contributed by atoms with van der Waals surface area (Å²) in [6.07, 6.45) is -1.20. The van der Waals surface area contributed by atoms with Crippen molar-refractivity contribution in [2.24, 2.45) is 0 Å².